The van der Waals surface area contributed by atoms with Gasteiger partial charge in [0.25, 0.3) is 0 Å². The third-order valence-corrected chi connectivity index (χ3v) is 5.62. The lowest BCUT2D eigenvalue weighted by atomic mass is 9.95. The molecular weight excluding hydrogens is 399 g/mol. The molecule has 3 rings (SSSR count). The van der Waals surface area contributed by atoms with Crippen molar-refractivity contribution in [1.82, 2.24) is 0 Å². The highest BCUT2D eigenvalue weighted by Crippen LogP contribution is 2.27. The summed E-state index contributed by atoms with van der Waals surface area (Å²) >= 11 is 3.28. The van der Waals surface area contributed by atoms with Gasteiger partial charge in [0.1, 0.15) is 12.1 Å². The second kappa shape index (κ2) is 7.99. The zero-order valence-corrected chi connectivity index (χ0v) is 16.1. The van der Waals surface area contributed by atoms with Gasteiger partial charge in [-0.25, -0.2) is 4.39 Å². The molecule has 0 atom stereocenters. The van der Waals surface area contributed by atoms with Crippen molar-refractivity contribution in [1.29, 1.82) is 0 Å². The van der Waals surface area contributed by atoms with Crippen LogP contribution in [-0.4, -0.2) is 25.3 Å². The number of halogens is 2. The molecule has 1 aliphatic heterocycles. The van der Waals surface area contributed by atoms with Crippen molar-refractivity contribution in [3.63, 3.8) is 0 Å². The molecule has 0 radical (unpaired) electrons. The smallest absolute Gasteiger partial charge is 0.227 e. The fraction of sp³-hybridized carbons (Fsp3) is 0.300. The first-order valence-electron chi connectivity index (χ1n) is 8.54. The van der Waals surface area contributed by atoms with Gasteiger partial charge in [-0.05, 0) is 61.7 Å². The third-order valence-electron chi connectivity index (χ3n) is 4.77. The van der Waals surface area contributed by atoms with Crippen LogP contribution in [0.1, 0.15) is 28.8 Å². The molecule has 1 amide bonds. The van der Waals surface area contributed by atoms with E-state index in [-0.39, 0.29) is 17.5 Å². The predicted octanol–water partition coefficient (Wildman–Crippen LogP) is 4.56. The van der Waals surface area contributed by atoms with Gasteiger partial charge in [0.15, 0.2) is 0 Å². The Bertz CT molecular complexity index is 815. The number of aryl methyl sites for hydroxylation is 1. The Balaban J connectivity index is 1.59. The van der Waals surface area contributed by atoms with Gasteiger partial charge >= 0.3 is 0 Å². The highest BCUT2D eigenvalue weighted by atomic mass is 79.9. The number of nitrogens with zero attached hydrogens (tertiary/aromatic N) is 1. The number of anilines is 2. The number of piperidine rings is 1. The number of carbonyl (C=O) groups is 2. The average molecular weight is 419 g/mol. The van der Waals surface area contributed by atoms with Crippen LogP contribution in [0.3, 0.4) is 0 Å². The van der Waals surface area contributed by atoms with Crippen molar-refractivity contribution in [3.05, 3.63) is 57.8 Å². The summed E-state index contributed by atoms with van der Waals surface area (Å²) < 4.78 is 14.7. The standard InChI is InChI=1S/C20H20BrFN2O2/c1-13-10-19(18(22)11-17(13)21)23-20(26)15-6-8-24(9-7-15)16-4-2-14(12-25)3-5-16/h2-5,10-12,15H,6-9H2,1H3,(H,23,26). The van der Waals surface area contributed by atoms with Gasteiger partial charge in [-0.2, -0.15) is 0 Å². The van der Waals surface area contributed by atoms with Crippen molar-refractivity contribution >= 4 is 39.5 Å². The van der Waals surface area contributed by atoms with Gasteiger partial charge in [0, 0.05) is 34.7 Å². The van der Waals surface area contributed by atoms with E-state index in [1.165, 1.54) is 6.07 Å². The molecule has 1 fully saturated rings. The third kappa shape index (κ3) is 4.12. The molecule has 136 valence electrons. The van der Waals surface area contributed by atoms with Crippen LogP contribution < -0.4 is 10.2 Å². The van der Waals surface area contributed by atoms with Gasteiger partial charge in [0.05, 0.1) is 5.69 Å². The Hall–Kier alpha value is -2.21. The molecule has 1 heterocycles. The highest BCUT2D eigenvalue weighted by molar-refractivity contribution is 9.10. The number of carbonyl (C=O) groups excluding carboxylic acids is 2. The normalized spacial score (nSPS) is 15.0. The van der Waals surface area contributed by atoms with E-state index in [0.717, 1.165) is 30.6 Å². The number of benzene rings is 2. The summed E-state index contributed by atoms with van der Waals surface area (Å²) in [5.74, 6) is -0.714. The van der Waals surface area contributed by atoms with Gasteiger partial charge < -0.3 is 10.2 Å². The van der Waals surface area contributed by atoms with Crippen LogP contribution in [0.2, 0.25) is 0 Å². The topological polar surface area (TPSA) is 49.4 Å². The SMILES string of the molecule is Cc1cc(NC(=O)C2CCN(c3ccc(C=O)cc3)CC2)c(F)cc1Br. The maximum atomic E-state index is 14.0. The van der Waals surface area contributed by atoms with Crippen LogP contribution in [0.25, 0.3) is 0 Å². The minimum Gasteiger partial charge on any atom is -0.371 e. The molecular formula is C20H20BrFN2O2. The van der Waals surface area contributed by atoms with Crippen LogP contribution in [0.4, 0.5) is 15.8 Å². The lowest BCUT2D eigenvalue weighted by molar-refractivity contribution is -0.120. The Morgan fingerprint density at radius 3 is 2.50 bits per heavy atom. The van der Waals surface area contributed by atoms with E-state index in [1.54, 1.807) is 18.2 Å². The van der Waals surface area contributed by atoms with Gasteiger partial charge in [0.2, 0.25) is 5.91 Å². The highest BCUT2D eigenvalue weighted by Gasteiger charge is 2.26. The van der Waals surface area contributed by atoms with Crippen LogP contribution >= 0.6 is 15.9 Å². The monoisotopic (exact) mass is 418 g/mol. The Kier molecular flexibility index (Phi) is 5.71. The fourth-order valence-corrected chi connectivity index (χ4v) is 3.47. The van der Waals surface area contributed by atoms with Crippen molar-refractivity contribution in [2.24, 2.45) is 5.92 Å². The number of amides is 1. The summed E-state index contributed by atoms with van der Waals surface area (Å²) in [4.78, 5) is 25.4. The number of aldehydes is 1. The quantitative estimate of drug-likeness (QED) is 0.740. The Labute approximate surface area is 160 Å². The molecule has 4 nitrogen and oxygen atoms in total. The fourth-order valence-electron chi connectivity index (χ4n) is 3.15. The molecule has 0 unspecified atom stereocenters. The number of nitrogens with one attached hydrogen (secondary N) is 1. The van der Waals surface area contributed by atoms with E-state index in [9.17, 15) is 14.0 Å². The summed E-state index contributed by atoms with van der Waals surface area (Å²) in [6.45, 7) is 3.36. The Morgan fingerprint density at radius 2 is 1.88 bits per heavy atom. The van der Waals surface area contributed by atoms with Crippen LogP contribution in [-0.2, 0) is 4.79 Å². The minimum atomic E-state index is -0.441. The second-order valence-corrected chi connectivity index (χ2v) is 7.40. The molecule has 1 aliphatic rings. The predicted molar refractivity (Wildman–Crippen MR) is 104 cm³/mol. The Morgan fingerprint density at radius 1 is 1.23 bits per heavy atom. The number of hydrogen-bond acceptors (Lipinski definition) is 3. The molecule has 0 saturated carbocycles. The average Bonchev–Trinajstić information content (AvgIpc) is 2.66. The summed E-state index contributed by atoms with van der Waals surface area (Å²) in [6, 6.07) is 10.4. The van der Waals surface area contributed by atoms with Crippen LogP contribution in [0.5, 0.6) is 0 Å². The summed E-state index contributed by atoms with van der Waals surface area (Å²) in [7, 11) is 0. The first kappa shape index (κ1) is 18.6. The lowest BCUT2D eigenvalue weighted by Crippen LogP contribution is -2.38. The zero-order chi connectivity index (χ0) is 18.7. The summed E-state index contributed by atoms with van der Waals surface area (Å²) in [5, 5.41) is 2.73. The van der Waals surface area contributed by atoms with Gasteiger partial charge in [-0.3, -0.25) is 9.59 Å². The van der Waals surface area contributed by atoms with Crippen LogP contribution in [0, 0.1) is 18.7 Å². The van der Waals surface area contributed by atoms with E-state index >= 15 is 0 Å². The van der Waals surface area contributed by atoms with Crippen molar-refractivity contribution in [3.8, 4) is 0 Å². The molecule has 0 spiro atoms. The number of rotatable bonds is 4. The largest absolute Gasteiger partial charge is 0.371 e. The minimum absolute atomic E-state index is 0.135. The van der Waals surface area contributed by atoms with Gasteiger partial charge in [-0.15, -0.1) is 0 Å². The molecule has 1 N–H and O–H groups in total. The van der Waals surface area contributed by atoms with E-state index in [1.807, 2.05) is 19.1 Å². The zero-order valence-electron chi connectivity index (χ0n) is 14.5. The molecule has 2 aromatic carbocycles. The van der Waals surface area contributed by atoms with Crippen molar-refractivity contribution in [2.45, 2.75) is 19.8 Å². The lowest BCUT2D eigenvalue weighted by Gasteiger charge is -2.33. The maximum Gasteiger partial charge on any atom is 0.227 e. The van der Waals surface area contributed by atoms with Crippen molar-refractivity contribution < 1.29 is 14.0 Å². The molecule has 0 aliphatic carbocycles. The first-order valence-corrected chi connectivity index (χ1v) is 9.34. The van der Waals surface area contributed by atoms with Crippen LogP contribution in [0.15, 0.2) is 40.9 Å². The van der Waals surface area contributed by atoms with Crippen molar-refractivity contribution in [2.75, 3.05) is 23.3 Å². The summed E-state index contributed by atoms with van der Waals surface area (Å²) in [5.41, 5.74) is 2.79. The maximum absolute atomic E-state index is 14.0. The second-order valence-electron chi connectivity index (χ2n) is 6.54. The van der Waals surface area contributed by atoms with E-state index in [0.29, 0.717) is 22.9 Å². The molecule has 0 bridgehead atoms. The molecule has 6 heteroatoms. The first-order chi connectivity index (χ1) is 12.5. The molecule has 2 aromatic rings. The molecule has 0 aromatic heterocycles. The van der Waals surface area contributed by atoms with E-state index < -0.39 is 5.82 Å². The number of hydrogen-bond donors (Lipinski definition) is 1. The molecule has 1 saturated heterocycles. The molecule has 26 heavy (non-hydrogen) atoms. The summed E-state index contributed by atoms with van der Waals surface area (Å²) in [6.07, 6.45) is 2.24. The van der Waals surface area contributed by atoms with E-state index in [4.69, 9.17) is 0 Å². The van der Waals surface area contributed by atoms with Gasteiger partial charge in [-0.1, -0.05) is 15.9 Å². The van der Waals surface area contributed by atoms with E-state index in [2.05, 4.69) is 26.1 Å².